The molecule has 2 N–H and O–H groups in total. The predicted octanol–water partition coefficient (Wildman–Crippen LogP) is 0.0720. The normalized spacial score (nSPS) is 17.3. The average Bonchev–Trinajstić information content (AvgIpc) is 2.45. The lowest BCUT2D eigenvalue weighted by atomic mass is 10.2. The van der Waals surface area contributed by atoms with E-state index in [4.69, 9.17) is 5.73 Å². The Morgan fingerprint density at radius 2 is 1.95 bits per heavy atom. The quantitative estimate of drug-likeness (QED) is 0.785. The van der Waals surface area contributed by atoms with Crippen LogP contribution in [0.15, 0.2) is 23.1 Å². The summed E-state index contributed by atoms with van der Waals surface area (Å²) < 4.78 is 40.1. The van der Waals surface area contributed by atoms with Crippen LogP contribution in [0.1, 0.15) is 5.56 Å². The van der Waals surface area contributed by atoms with Gasteiger partial charge in [-0.1, -0.05) is 11.8 Å². The van der Waals surface area contributed by atoms with E-state index in [1.54, 1.807) is 0 Å². The van der Waals surface area contributed by atoms with Gasteiger partial charge in [0.1, 0.15) is 5.82 Å². The number of likely N-dealkylation sites (N-methyl/N-ethyl adjacent to an activating group) is 1. The third-order valence-electron chi connectivity index (χ3n) is 3.35. The summed E-state index contributed by atoms with van der Waals surface area (Å²) in [5, 5.41) is 0. The van der Waals surface area contributed by atoms with Gasteiger partial charge < -0.3 is 10.6 Å². The highest BCUT2D eigenvalue weighted by atomic mass is 32.2. The molecule has 1 fully saturated rings. The fraction of sp³-hybridized carbons (Fsp3) is 0.429. The number of rotatable bonds is 2. The van der Waals surface area contributed by atoms with Gasteiger partial charge in [0.25, 0.3) is 0 Å². The molecule has 2 rings (SSSR count). The van der Waals surface area contributed by atoms with Crippen molar-refractivity contribution in [3.8, 4) is 11.8 Å². The summed E-state index contributed by atoms with van der Waals surface area (Å²) >= 11 is 0. The average molecular weight is 311 g/mol. The fourth-order valence-corrected chi connectivity index (χ4v) is 3.69. The predicted molar refractivity (Wildman–Crippen MR) is 78.6 cm³/mol. The van der Waals surface area contributed by atoms with Gasteiger partial charge in [-0.2, -0.15) is 4.31 Å². The van der Waals surface area contributed by atoms with Crippen LogP contribution in [-0.4, -0.2) is 57.4 Å². The first kappa shape index (κ1) is 15.9. The summed E-state index contributed by atoms with van der Waals surface area (Å²) in [5.74, 6) is 4.69. The number of piperazine rings is 1. The van der Waals surface area contributed by atoms with Gasteiger partial charge in [-0.05, 0) is 25.2 Å². The smallest absolute Gasteiger partial charge is 0.244 e. The Hall–Kier alpha value is -1.46. The van der Waals surface area contributed by atoms with Crippen molar-refractivity contribution in [3.63, 3.8) is 0 Å². The molecule has 0 radical (unpaired) electrons. The Labute approximate surface area is 124 Å². The highest BCUT2D eigenvalue weighted by Gasteiger charge is 2.29. The summed E-state index contributed by atoms with van der Waals surface area (Å²) in [4.78, 5) is 2.10. The van der Waals surface area contributed by atoms with Gasteiger partial charge in [0, 0.05) is 31.7 Å². The van der Waals surface area contributed by atoms with Gasteiger partial charge in [-0.25, -0.2) is 12.8 Å². The van der Waals surface area contributed by atoms with Crippen molar-refractivity contribution in [2.45, 2.75) is 4.90 Å². The molecule has 0 bridgehead atoms. The summed E-state index contributed by atoms with van der Waals surface area (Å²) in [5.41, 5.74) is 5.45. The van der Waals surface area contributed by atoms with Gasteiger partial charge >= 0.3 is 0 Å². The number of hydrogen-bond donors (Lipinski definition) is 1. The van der Waals surface area contributed by atoms with Gasteiger partial charge in [-0.15, -0.1) is 0 Å². The molecule has 114 valence electrons. The summed E-state index contributed by atoms with van der Waals surface area (Å²) in [6.07, 6.45) is 0. The van der Waals surface area contributed by atoms with E-state index >= 15 is 0 Å². The molecule has 0 atom stereocenters. The largest absolute Gasteiger partial charge is 0.320 e. The maximum atomic E-state index is 13.3. The zero-order valence-electron chi connectivity index (χ0n) is 11.8. The molecule has 0 aliphatic carbocycles. The van der Waals surface area contributed by atoms with Crippen molar-refractivity contribution in [1.29, 1.82) is 0 Å². The maximum absolute atomic E-state index is 13.3. The molecule has 5 nitrogen and oxygen atoms in total. The van der Waals surface area contributed by atoms with Gasteiger partial charge in [-0.3, -0.25) is 0 Å². The van der Waals surface area contributed by atoms with Crippen molar-refractivity contribution in [2.75, 3.05) is 39.8 Å². The molecule has 1 aliphatic heterocycles. The number of halogens is 1. The zero-order valence-corrected chi connectivity index (χ0v) is 12.7. The van der Waals surface area contributed by atoms with Gasteiger partial charge in [0.2, 0.25) is 10.0 Å². The molecule has 1 heterocycles. The van der Waals surface area contributed by atoms with Crippen molar-refractivity contribution < 1.29 is 12.8 Å². The standard InChI is InChI=1S/C14H18FN3O2S/c1-17-7-9-18(10-8-17)21(19,20)14-5-4-13(15)11-12(14)3-2-6-16/h4-5,11H,6-10,16H2,1H3. The summed E-state index contributed by atoms with van der Waals surface area (Å²) in [6, 6.07) is 3.53. The minimum Gasteiger partial charge on any atom is -0.320 e. The Balaban J connectivity index is 2.40. The molecule has 1 aromatic rings. The van der Waals surface area contributed by atoms with Crippen molar-refractivity contribution in [2.24, 2.45) is 5.73 Å². The highest BCUT2D eigenvalue weighted by Crippen LogP contribution is 2.21. The number of benzene rings is 1. The lowest BCUT2D eigenvalue weighted by Crippen LogP contribution is -2.47. The first-order chi connectivity index (χ1) is 9.95. The molecule has 0 saturated carbocycles. The maximum Gasteiger partial charge on any atom is 0.244 e. The number of nitrogens with zero attached hydrogens (tertiary/aromatic N) is 2. The molecule has 0 spiro atoms. The molecule has 21 heavy (non-hydrogen) atoms. The van der Waals surface area contributed by atoms with E-state index in [1.165, 1.54) is 10.4 Å². The Morgan fingerprint density at radius 1 is 1.29 bits per heavy atom. The minimum atomic E-state index is -3.67. The molecular weight excluding hydrogens is 293 g/mol. The summed E-state index contributed by atoms with van der Waals surface area (Å²) in [7, 11) is -1.72. The van der Waals surface area contributed by atoms with E-state index < -0.39 is 15.8 Å². The second-order valence-electron chi connectivity index (χ2n) is 4.85. The van der Waals surface area contributed by atoms with Crippen LogP contribution in [0.25, 0.3) is 0 Å². The van der Waals surface area contributed by atoms with Crippen LogP contribution in [-0.2, 0) is 10.0 Å². The Bertz CT molecular complexity index is 671. The van der Waals surface area contributed by atoms with Crippen molar-refractivity contribution in [3.05, 3.63) is 29.6 Å². The Kier molecular flexibility index (Phi) is 4.96. The Morgan fingerprint density at radius 3 is 2.57 bits per heavy atom. The van der Waals surface area contributed by atoms with Gasteiger partial charge in [0.05, 0.1) is 11.4 Å². The van der Waals surface area contributed by atoms with Crippen LogP contribution >= 0.6 is 0 Å². The van der Waals surface area contributed by atoms with E-state index in [-0.39, 0.29) is 17.0 Å². The van der Waals surface area contributed by atoms with Crippen LogP contribution in [0.5, 0.6) is 0 Å². The second kappa shape index (κ2) is 6.54. The summed E-state index contributed by atoms with van der Waals surface area (Å²) in [6.45, 7) is 2.26. The van der Waals surface area contributed by atoms with Crippen LogP contribution in [0.2, 0.25) is 0 Å². The highest BCUT2D eigenvalue weighted by molar-refractivity contribution is 7.89. The second-order valence-corrected chi connectivity index (χ2v) is 6.76. The topological polar surface area (TPSA) is 66.6 Å². The molecule has 0 amide bonds. The van der Waals surface area contributed by atoms with Crippen molar-refractivity contribution in [1.82, 2.24) is 9.21 Å². The first-order valence-corrected chi connectivity index (χ1v) is 8.06. The SMILES string of the molecule is CN1CCN(S(=O)(=O)c2ccc(F)cc2C#CCN)CC1. The van der Waals surface area contributed by atoms with Crippen LogP contribution in [0.4, 0.5) is 4.39 Å². The third kappa shape index (κ3) is 3.60. The lowest BCUT2D eigenvalue weighted by molar-refractivity contribution is 0.222. The first-order valence-electron chi connectivity index (χ1n) is 6.62. The molecule has 1 saturated heterocycles. The fourth-order valence-electron chi connectivity index (χ4n) is 2.14. The van der Waals surface area contributed by atoms with E-state index in [0.717, 1.165) is 12.1 Å². The minimum absolute atomic E-state index is 0.0365. The number of nitrogens with two attached hydrogens (primary N) is 1. The molecule has 1 aliphatic rings. The van der Waals surface area contributed by atoms with E-state index in [0.29, 0.717) is 26.2 Å². The molecule has 0 aromatic heterocycles. The zero-order chi connectivity index (χ0) is 15.5. The number of sulfonamides is 1. The van der Waals surface area contributed by atoms with Crippen LogP contribution < -0.4 is 5.73 Å². The van der Waals surface area contributed by atoms with E-state index in [2.05, 4.69) is 16.7 Å². The number of hydrogen-bond acceptors (Lipinski definition) is 4. The monoisotopic (exact) mass is 311 g/mol. The van der Waals surface area contributed by atoms with Crippen molar-refractivity contribution >= 4 is 10.0 Å². The van der Waals surface area contributed by atoms with Crippen LogP contribution in [0.3, 0.4) is 0 Å². The molecule has 1 aromatic carbocycles. The third-order valence-corrected chi connectivity index (χ3v) is 5.30. The van der Waals surface area contributed by atoms with Crippen LogP contribution in [0, 0.1) is 17.7 Å². The molecule has 0 unspecified atom stereocenters. The van der Waals surface area contributed by atoms with E-state index in [9.17, 15) is 12.8 Å². The van der Waals surface area contributed by atoms with E-state index in [1.807, 2.05) is 7.05 Å². The lowest BCUT2D eigenvalue weighted by Gasteiger charge is -2.31. The molecule has 7 heteroatoms. The van der Waals surface area contributed by atoms with Gasteiger partial charge in [0.15, 0.2) is 0 Å². The molecular formula is C14H18FN3O2S.